The van der Waals surface area contributed by atoms with Gasteiger partial charge in [0, 0.05) is 24.5 Å². The van der Waals surface area contributed by atoms with Crippen molar-refractivity contribution in [3.63, 3.8) is 0 Å². The minimum atomic E-state index is -2.61. The Bertz CT molecular complexity index is 374. The second kappa shape index (κ2) is 4.19. The van der Waals surface area contributed by atoms with E-state index in [9.17, 15) is 18.6 Å². The first-order valence-electron chi connectivity index (χ1n) is 5.85. The third kappa shape index (κ3) is 1.51. The molecule has 2 fully saturated rings. The number of thiol groups is 1. The standard InChI is InChI=1S/C11H20O5S/c1-7-9(16-2)11(6-13)4-10(7,5-12)3-8(11)17(14)15/h7-9,12-13,17H,3-6H2,1-2H3. The normalized spacial score (nSPS) is 49.1. The van der Waals surface area contributed by atoms with E-state index in [0.717, 1.165) is 0 Å². The second-order valence-corrected chi connectivity index (χ2v) is 6.73. The van der Waals surface area contributed by atoms with Crippen LogP contribution in [0, 0.1) is 16.7 Å². The zero-order valence-electron chi connectivity index (χ0n) is 10.1. The summed E-state index contributed by atoms with van der Waals surface area (Å²) in [5.74, 6) is 0.0656. The van der Waals surface area contributed by atoms with Crippen molar-refractivity contribution in [3.8, 4) is 0 Å². The Morgan fingerprint density at radius 1 is 1.35 bits per heavy atom. The van der Waals surface area contributed by atoms with E-state index in [2.05, 4.69) is 0 Å². The monoisotopic (exact) mass is 264 g/mol. The number of ether oxygens (including phenoxy) is 1. The van der Waals surface area contributed by atoms with Crippen molar-refractivity contribution >= 4 is 10.7 Å². The van der Waals surface area contributed by atoms with Crippen molar-refractivity contribution in [2.24, 2.45) is 16.7 Å². The topological polar surface area (TPSA) is 83.8 Å². The Kier molecular flexibility index (Phi) is 3.27. The van der Waals surface area contributed by atoms with Crippen LogP contribution in [0.1, 0.15) is 19.8 Å². The Labute approximate surface area is 103 Å². The maximum atomic E-state index is 11.4. The molecule has 0 radical (unpaired) electrons. The quantitative estimate of drug-likeness (QED) is 0.590. The largest absolute Gasteiger partial charge is 0.396 e. The molecule has 6 heteroatoms. The minimum absolute atomic E-state index is 0.0462. The van der Waals surface area contributed by atoms with Gasteiger partial charge in [-0.1, -0.05) is 6.92 Å². The Hall–Kier alpha value is -0.170. The fourth-order valence-electron chi connectivity index (χ4n) is 4.13. The van der Waals surface area contributed by atoms with E-state index >= 15 is 0 Å². The molecule has 2 rings (SSSR count). The zero-order chi connectivity index (χ0) is 12.8. The lowest BCUT2D eigenvalue weighted by atomic mass is 9.72. The molecule has 5 atom stereocenters. The van der Waals surface area contributed by atoms with Crippen molar-refractivity contribution in [1.29, 1.82) is 0 Å². The lowest BCUT2D eigenvalue weighted by Crippen LogP contribution is -2.50. The molecule has 5 nitrogen and oxygen atoms in total. The second-order valence-electron chi connectivity index (χ2n) is 5.54. The molecule has 0 aromatic carbocycles. The highest BCUT2D eigenvalue weighted by Gasteiger charge is 2.69. The molecule has 2 N–H and O–H groups in total. The Morgan fingerprint density at radius 3 is 2.41 bits per heavy atom. The molecule has 0 saturated heterocycles. The van der Waals surface area contributed by atoms with E-state index in [0.29, 0.717) is 12.8 Å². The van der Waals surface area contributed by atoms with Crippen LogP contribution in [0.25, 0.3) is 0 Å². The molecule has 0 aliphatic heterocycles. The average Bonchev–Trinajstić information content (AvgIpc) is 2.78. The van der Waals surface area contributed by atoms with Gasteiger partial charge >= 0.3 is 0 Å². The van der Waals surface area contributed by atoms with Gasteiger partial charge in [-0.15, -0.1) is 0 Å². The van der Waals surface area contributed by atoms with Crippen LogP contribution >= 0.6 is 0 Å². The van der Waals surface area contributed by atoms with Crippen molar-refractivity contribution in [1.82, 2.24) is 0 Å². The summed E-state index contributed by atoms with van der Waals surface area (Å²) in [5, 5.41) is 18.7. The maximum absolute atomic E-state index is 11.4. The molecule has 2 aliphatic carbocycles. The van der Waals surface area contributed by atoms with E-state index in [1.807, 2.05) is 6.92 Å². The molecule has 0 heterocycles. The number of aliphatic hydroxyl groups is 2. The Balaban J connectivity index is 2.48. The summed E-state index contributed by atoms with van der Waals surface area (Å²) in [6.07, 6.45) is 0.663. The number of hydrogen-bond donors (Lipinski definition) is 3. The maximum Gasteiger partial charge on any atom is 0.143 e. The van der Waals surface area contributed by atoms with Gasteiger partial charge in [0.15, 0.2) is 0 Å². The molecule has 17 heavy (non-hydrogen) atoms. The predicted octanol–water partition coefficient (Wildman–Crippen LogP) is -0.618. The molecule has 2 bridgehead atoms. The summed E-state index contributed by atoms with van der Waals surface area (Å²) in [5.41, 5.74) is -1.14. The molecule has 5 unspecified atom stereocenters. The summed E-state index contributed by atoms with van der Waals surface area (Å²) >= 11 is 0. The SMILES string of the molecule is COC1C(C)C2(CO)CC([SH](=O)=O)C1(CO)C2. The van der Waals surface area contributed by atoms with Gasteiger partial charge in [0.2, 0.25) is 0 Å². The van der Waals surface area contributed by atoms with Crippen LogP contribution in [0.5, 0.6) is 0 Å². The number of rotatable bonds is 4. The number of fused-ring (bicyclic) bond motifs is 2. The van der Waals surface area contributed by atoms with E-state index in [4.69, 9.17) is 4.74 Å². The highest BCUT2D eigenvalue weighted by molar-refractivity contribution is 7.73. The van der Waals surface area contributed by atoms with E-state index in [1.165, 1.54) is 0 Å². The van der Waals surface area contributed by atoms with Gasteiger partial charge in [-0.3, -0.25) is 0 Å². The van der Waals surface area contributed by atoms with E-state index in [1.54, 1.807) is 7.11 Å². The van der Waals surface area contributed by atoms with Gasteiger partial charge in [0.05, 0.1) is 18.0 Å². The van der Waals surface area contributed by atoms with Gasteiger partial charge in [0.1, 0.15) is 10.7 Å². The highest BCUT2D eigenvalue weighted by atomic mass is 32.2. The summed E-state index contributed by atoms with van der Waals surface area (Å²) in [7, 11) is -1.07. The number of aliphatic hydroxyl groups excluding tert-OH is 2. The van der Waals surface area contributed by atoms with Crippen LogP contribution in [-0.2, 0) is 15.4 Å². The third-order valence-electron chi connectivity index (χ3n) is 5.05. The van der Waals surface area contributed by atoms with Gasteiger partial charge in [-0.05, 0) is 18.8 Å². The summed E-state index contributed by atoms with van der Waals surface area (Å²) in [6.45, 7) is 1.72. The van der Waals surface area contributed by atoms with Gasteiger partial charge in [-0.25, -0.2) is 8.42 Å². The fraction of sp³-hybridized carbons (Fsp3) is 1.00. The smallest absolute Gasteiger partial charge is 0.143 e. The molecule has 0 aromatic heterocycles. The van der Waals surface area contributed by atoms with Crippen molar-refractivity contribution in [2.45, 2.75) is 31.1 Å². The number of methoxy groups -OCH3 is 1. The van der Waals surface area contributed by atoms with Crippen LogP contribution in [0.15, 0.2) is 0 Å². The third-order valence-corrected chi connectivity index (χ3v) is 6.25. The van der Waals surface area contributed by atoms with Gasteiger partial charge < -0.3 is 14.9 Å². The van der Waals surface area contributed by atoms with Crippen LogP contribution in [0.2, 0.25) is 0 Å². The Morgan fingerprint density at radius 2 is 2.00 bits per heavy atom. The van der Waals surface area contributed by atoms with E-state index < -0.39 is 26.8 Å². The van der Waals surface area contributed by atoms with Crippen molar-refractivity contribution in [2.75, 3.05) is 20.3 Å². The lowest BCUT2D eigenvalue weighted by Gasteiger charge is -2.41. The molecular formula is C11H20O5S. The summed E-state index contributed by atoms with van der Waals surface area (Å²) < 4.78 is 28.2. The first-order valence-corrected chi connectivity index (χ1v) is 7.10. The molecular weight excluding hydrogens is 244 g/mol. The van der Waals surface area contributed by atoms with Gasteiger partial charge in [0.25, 0.3) is 0 Å². The first-order chi connectivity index (χ1) is 7.97. The lowest BCUT2D eigenvalue weighted by molar-refractivity contribution is -0.0648. The molecule has 0 amide bonds. The molecule has 0 aromatic rings. The predicted molar refractivity (Wildman–Crippen MR) is 62.3 cm³/mol. The minimum Gasteiger partial charge on any atom is -0.396 e. The van der Waals surface area contributed by atoms with Crippen LogP contribution < -0.4 is 0 Å². The van der Waals surface area contributed by atoms with Crippen LogP contribution in [0.4, 0.5) is 0 Å². The van der Waals surface area contributed by atoms with Crippen molar-refractivity contribution < 1.29 is 23.4 Å². The van der Waals surface area contributed by atoms with Crippen LogP contribution in [-0.4, -0.2) is 50.3 Å². The average molecular weight is 264 g/mol. The summed E-state index contributed by atoms with van der Waals surface area (Å²) in [4.78, 5) is 0. The number of hydrogen-bond acceptors (Lipinski definition) is 5. The van der Waals surface area contributed by atoms with E-state index in [-0.39, 0.29) is 25.2 Å². The molecule has 100 valence electrons. The first kappa shape index (κ1) is 13.3. The van der Waals surface area contributed by atoms with Crippen molar-refractivity contribution in [3.05, 3.63) is 0 Å². The zero-order valence-corrected chi connectivity index (χ0v) is 11.0. The highest BCUT2D eigenvalue weighted by Crippen LogP contribution is 2.65. The van der Waals surface area contributed by atoms with Gasteiger partial charge in [-0.2, -0.15) is 0 Å². The fourth-order valence-corrected chi connectivity index (χ4v) is 5.38. The molecule has 0 spiro atoms. The molecule has 2 saturated carbocycles. The summed E-state index contributed by atoms with van der Waals surface area (Å²) in [6, 6.07) is 0. The van der Waals surface area contributed by atoms with Crippen LogP contribution in [0.3, 0.4) is 0 Å². The molecule has 2 aliphatic rings.